The number of rotatable bonds is 3. The minimum Gasteiger partial charge on any atom is -0.477 e. The zero-order valence-electron chi connectivity index (χ0n) is 15.4. The number of nitrogens with zero attached hydrogens (tertiary/aromatic N) is 2. The molecule has 2 N–H and O–H groups in total. The highest BCUT2D eigenvalue weighted by molar-refractivity contribution is 5.94. The number of pyridine rings is 1. The van der Waals surface area contributed by atoms with Crippen LogP contribution in [0.1, 0.15) is 10.4 Å². The summed E-state index contributed by atoms with van der Waals surface area (Å²) in [6.07, 6.45) is 0.822. The van der Waals surface area contributed by atoms with Crippen molar-refractivity contribution in [2.24, 2.45) is 0 Å². The van der Waals surface area contributed by atoms with Crippen LogP contribution in [0.3, 0.4) is 0 Å². The predicted molar refractivity (Wildman–Crippen MR) is 101 cm³/mol. The Kier molecular flexibility index (Phi) is 4.94. The molecule has 6 nitrogen and oxygen atoms in total. The van der Waals surface area contributed by atoms with E-state index in [9.17, 15) is 27.9 Å². The predicted octanol–water partition coefficient (Wildman–Crippen LogP) is 2.65. The van der Waals surface area contributed by atoms with Crippen molar-refractivity contribution in [2.75, 3.05) is 31.1 Å². The lowest BCUT2D eigenvalue weighted by Gasteiger charge is -2.30. The van der Waals surface area contributed by atoms with Crippen LogP contribution in [0.4, 0.5) is 23.2 Å². The lowest BCUT2D eigenvalue weighted by molar-refractivity contribution is 0.0695. The van der Waals surface area contributed by atoms with Gasteiger partial charge in [-0.2, -0.15) is 0 Å². The Hall–Kier alpha value is -3.40. The third-order valence-electron chi connectivity index (χ3n) is 5.00. The highest BCUT2D eigenvalue weighted by Crippen LogP contribution is 2.32. The number of carboxylic acids is 1. The number of carbonyl (C=O) groups is 1. The summed E-state index contributed by atoms with van der Waals surface area (Å²) in [5.41, 5.74) is -2.77. The van der Waals surface area contributed by atoms with Gasteiger partial charge in [-0.1, -0.05) is 0 Å². The highest BCUT2D eigenvalue weighted by Gasteiger charge is 2.26. The summed E-state index contributed by atoms with van der Waals surface area (Å²) in [6.45, 7) is 1.60. The number of aromatic nitrogens is 1. The molecule has 10 heteroatoms. The van der Waals surface area contributed by atoms with E-state index in [1.807, 2.05) is 0 Å². The molecule has 3 aromatic rings. The number of nitrogens with one attached hydrogen (secondary N) is 1. The van der Waals surface area contributed by atoms with Gasteiger partial charge in [-0.3, -0.25) is 4.79 Å². The van der Waals surface area contributed by atoms with Crippen molar-refractivity contribution in [1.82, 2.24) is 9.88 Å². The van der Waals surface area contributed by atoms with E-state index in [0.29, 0.717) is 26.2 Å². The summed E-state index contributed by atoms with van der Waals surface area (Å²) in [6, 6.07) is 3.40. The molecule has 0 atom stereocenters. The Labute approximate surface area is 167 Å². The topological polar surface area (TPSA) is 74.6 Å². The molecule has 1 aromatic heterocycles. The van der Waals surface area contributed by atoms with Crippen LogP contribution in [-0.4, -0.2) is 41.8 Å². The van der Waals surface area contributed by atoms with Gasteiger partial charge in [0.25, 0.3) is 0 Å². The molecule has 0 amide bonds. The van der Waals surface area contributed by atoms with Crippen molar-refractivity contribution in [3.63, 3.8) is 0 Å². The molecule has 0 unspecified atom stereocenters. The van der Waals surface area contributed by atoms with Crippen LogP contribution >= 0.6 is 0 Å². The molecule has 2 heterocycles. The number of aromatic carboxylic acids is 1. The minimum atomic E-state index is -1.62. The zero-order valence-corrected chi connectivity index (χ0v) is 15.4. The number of carboxylic acid groups (broad SMARTS) is 1. The van der Waals surface area contributed by atoms with Crippen molar-refractivity contribution >= 4 is 22.6 Å². The number of fused-ring (bicyclic) bond motifs is 1. The molecule has 4 rings (SSSR count). The van der Waals surface area contributed by atoms with Gasteiger partial charge < -0.3 is 19.9 Å². The number of anilines is 1. The van der Waals surface area contributed by atoms with Gasteiger partial charge in [0.05, 0.1) is 10.9 Å². The number of benzene rings is 2. The van der Waals surface area contributed by atoms with Gasteiger partial charge in [0.2, 0.25) is 5.43 Å². The SMILES string of the molecule is O=C(O)c1cn(-c2ccc(F)c(F)c2)c2c(F)c(N3CCNCC3)c(F)cc2c1=O. The summed E-state index contributed by atoms with van der Waals surface area (Å²) in [4.78, 5) is 25.5. The van der Waals surface area contributed by atoms with E-state index in [-0.39, 0.29) is 11.4 Å². The maximum absolute atomic E-state index is 15.6. The molecule has 0 saturated carbocycles. The molecule has 0 radical (unpaired) electrons. The third-order valence-corrected chi connectivity index (χ3v) is 5.00. The lowest BCUT2D eigenvalue weighted by Crippen LogP contribution is -2.44. The minimum absolute atomic E-state index is 0.127. The van der Waals surface area contributed by atoms with E-state index < -0.39 is 51.1 Å². The van der Waals surface area contributed by atoms with Gasteiger partial charge in [-0.15, -0.1) is 0 Å². The molecule has 0 bridgehead atoms. The van der Waals surface area contributed by atoms with Gasteiger partial charge in [0, 0.05) is 44.1 Å². The zero-order chi connectivity index (χ0) is 21.6. The van der Waals surface area contributed by atoms with E-state index in [1.54, 1.807) is 0 Å². The molecule has 0 aliphatic carbocycles. The average molecular weight is 421 g/mol. The first-order valence-electron chi connectivity index (χ1n) is 9.01. The Morgan fingerprint density at radius 2 is 1.70 bits per heavy atom. The van der Waals surface area contributed by atoms with Crippen molar-refractivity contribution in [3.05, 3.63) is 69.5 Å². The molecular formula is C20H15F4N3O3. The van der Waals surface area contributed by atoms with Crippen LogP contribution < -0.4 is 15.6 Å². The van der Waals surface area contributed by atoms with Crippen LogP contribution in [-0.2, 0) is 0 Å². The number of hydrogen-bond donors (Lipinski definition) is 2. The van der Waals surface area contributed by atoms with Gasteiger partial charge in [-0.25, -0.2) is 22.4 Å². The van der Waals surface area contributed by atoms with E-state index >= 15 is 4.39 Å². The largest absolute Gasteiger partial charge is 0.477 e. The van der Waals surface area contributed by atoms with Gasteiger partial charge >= 0.3 is 5.97 Å². The fourth-order valence-corrected chi connectivity index (χ4v) is 3.57. The molecule has 2 aromatic carbocycles. The molecule has 0 spiro atoms. The average Bonchev–Trinajstić information content (AvgIpc) is 2.71. The number of piperazine rings is 1. The van der Waals surface area contributed by atoms with Crippen LogP contribution in [0.25, 0.3) is 16.6 Å². The van der Waals surface area contributed by atoms with Gasteiger partial charge in [0.15, 0.2) is 17.5 Å². The van der Waals surface area contributed by atoms with Crippen molar-refractivity contribution in [1.29, 1.82) is 0 Å². The highest BCUT2D eigenvalue weighted by atomic mass is 19.2. The summed E-state index contributed by atoms with van der Waals surface area (Å²) in [7, 11) is 0. The van der Waals surface area contributed by atoms with Crippen molar-refractivity contribution in [3.8, 4) is 5.69 Å². The quantitative estimate of drug-likeness (QED) is 0.637. The second kappa shape index (κ2) is 7.45. The Bertz CT molecular complexity index is 1240. The van der Waals surface area contributed by atoms with E-state index in [0.717, 1.165) is 35.0 Å². The molecular weight excluding hydrogens is 406 g/mol. The normalized spacial score (nSPS) is 14.3. The maximum Gasteiger partial charge on any atom is 0.341 e. The van der Waals surface area contributed by atoms with Crippen molar-refractivity contribution < 1.29 is 27.5 Å². The molecule has 30 heavy (non-hydrogen) atoms. The smallest absolute Gasteiger partial charge is 0.341 e. The van der Waals surface area contributed by atoms with Crippen molar-refractivity contribution in [2.45, 2.75) is 0 Å². The monoisotopic (exact) mass is 421 g/mol. The Morgan fingerprint density at radius 3 is 2.33 bits per heavy atom. The lowest BCUT2D eigenvalue weighted by atomic mass is 10.1. The third kappa shape index (κ3) is 3.18. The van der Waals surface area contributed by atoms with Gasteiger partial charge in [-0.05, 0) is 18.2 Å². The summed E-state index contributed by atoms with van der Waals surface area (Å²) < 4.78 is 58.5. The molecule has 1 aliphatic heterocycles. The fourth-order valence-electron chi connectivity index (χ4n) is 3.57. The number of hydrogen-bond acceptors (Lipinski definition) is 4. The van der Waals surface area contributed by atoms with E-state index in [4.69, 9.17) is 0 Å². The van der Waals surface area contributed by atoms with Gasteiger partial charge in [0.1, 0.15) is 17.1 Å². The van der Waals surface area contributed by atoms with Crippen LogP contribution in [0.2, 0.25) is 0 Å². The Balaban J connectivity index is 2.10. The number of halogens is 4. The van der Waals surface area contributed by atoms with E-state index in [1.165, 1.54) is 4.90 Å². The molecule has 156 valence electrons. The Morgan fingerprint density at radius 1 is 1.00 bits per heavy atom. The second-order valence-electron chi connectivity index (χ2n) is 6.80. The first-order chi connectivity index (χ1) is 14.3. The first-order valence-corrected chi connectivity index (χ1v) is 9.01. The maximum atomic E-state index is 15.6. The molecule has 1 aliphatic rings. The summed E-state index contributed by atoms with van der Waals surface area (Å²) in [5, 5.41) is 11.9. The van der Waals surface area contributed by atoms with Crippen LogP contribution in [0.5, 0.6) is 0 Å². The summed E-state index contributed by atoms with van der Waals surface area (Å²) >= 11 is 0. The first kappa shape index (κ1) is 19.9. The molecule has 1 fully saturated rings. The van der Waals surface area contributed by atoms with E-state index in [2.05, 4.69) is 5.32 Å². The standard InChI is InChI=1S/C20H15F4N3O3/c21-13-2-1-10(7-14(13)22)27-9-12(20(29)30)19(28)11-8-15(23)18(16(24)17(11)27)26-5-3-25-4-6-26/h1-2,7-9,25H,3-6H2,(H,29,30). The van der Waals surface area contributed by atoms with Crippen LogP contribution in [0.15, 0.2) is 35.3 Å². The van der Waals surface area contributed by atoms with Crippen LogP contribution in [0, 0.1) is 23.3 Å². The molecule has 1 saturated heterocycles. The second-order valence-corrected chi connectivity index (χ2v) is 6.80. The fraction of sp³-hybridized carbons (Fsp3) is 0.200. The summed E-state index contributed by atoms with van der Waals surface area (Å²) in [5.74, 6) is -6.13.